The van der Waals surface area contributed by atoms with E-state index in [2.05, 4.69) is 70.2 Å². The fourth-order valence-corrected chi connectivity index (χ4v) is 3.98. The molecule has 4 aromatic carbocycles. The van der Waals surface area contributed by atoms with Gasteiger partial charge in [0.05, 0.1) is 9.79 Å². The molecule has 0 aliphatic rings. The largest absolute Gasteiger partial charge is 0.744 e. The molecular weight excluding hydrogens is 636 g/mol. The number of hydrogen-bond acceptors (Lipinski definition) is 8. The minimum absolute atomic E-state index is 0.0833. The molecule has 0 amide bonds. The number of nitrogens with two attached hydrogens (primary N) is 6. The van der Waals surface area contributed by atoms with Crippen LogP contribution in [0.4, 0.5) is 0 Å². The Balaban J connectivity index is 0.000000402. The molecule has 14 nitrogen and oxygen atoms in total. The quantitative estimate of drug-likeness (QED) is 0.0404. The highest BCUT2D eigenvalue weighted by Gasteiger charge is 2.03. The molecule has 0 radical (unpaired) electrons. The first-order chi connectivity index (χ1) is 21.6. The molecule has 46 heavy (non-hydrogen) atoms. The summed E-state index contributed by atoms with van der Waals surface area (Å²) in [6, 6.07) is 30.6. The Morgan fingerprint density at radius 3 is 1.04 bits per heavy atom. The van der Waals surface area contributed by atoms with Crippen molar-refractivity contribution in [1.82, 2.24) is 0 Å². The lowest BCUT2D eigenvalue weighted by molar-refractivity contribution is -0.117. The van der Waals surface area contributed by atoms with Crippen molar-refractivity contribution in [3.63, 3.8) is 0 Å². The lowest BCUT2D eigenvalue weighted by Gasteiger charge is -2.11. The summed E-state index contributed by atoms with van der Waals surface area (Å²) in [7, 11) is -8.98. The molecular formula is C30H36N6O8S2. The van der Waals surface area contributed by atoms with E-state index in [4.69, 9.17) is 9.47 Å². The summed E-state index contributed by atoms with van der Waals surface area (Å²) in [6.45, 7) is 0.260. The molecule has 0 spiro atoms. The van der Waals surface area contributed by atoms with E-state index in [0.717, 1.165) is 24.3 Å². The second-order valence-corrected chi connectivity index (χ2v) is 11.5. The van der Waals surface area contributed by atoms with E-state index in [-0.39, 0.29) is 34.9 Å². The van der Waals surface area contributed by atoms with Gasteiger partial charge < -0.3 is 18.6 Å². The van der Waals surface area contributed by atoms with Gasteiger partial charge in [0.1, 0.15) is 44.9 Å². The first kappa shape index (κ1) is 38.6. The van der Waals surface area contributed by atoms with Crippen LogP contribution in [0.25, 0.3) is 12.2 Å². The second kappa shape index (κ2) is 19.8. The van der Waals surface area contributed by atoms with E-state index >= 15 is 0 Å². The topological polar surface area (TPSA) is 288 Å². The number of rotatable bonds is 9. The molecule has 4 aromatic rings. The Morgan fingerprint density at radius 2 is 0.804 bits per heavy atom. The van der Waals surface area contributed by atoms with E-state index in [1.165, 1.54) is 35.4 Å². The molecule has 0 heterocycles. The Morgan fingerprint density at radius 1 is 0.543 bits per heavy atom. The summed E-state index contributed by atoms with van der Waals surface area (Å²) in [4.78, 5) is -0.695. The third-order valence-corrected chi connectivity index (χ3v) is 6.61. The van der Waals surface area contributed by atoms with Gasteiger partial charge in [-0.3, -0.25) is 33.8 Å². The predicted molar refractivity (Wildman–Crippen MR) is 172 cm³/mol. The van der Waals surface area contributed by atoms with Crippen molar-refractivity contribution < 1.29 is 46.2 Å². The van der Waals surface area contributed by atoms with Crippen LogP contribution in [-0.4, -0.2) is 51.1 Å². The average Bonchev–Trinajstić information content (AvgIpc) is 2.99. The molecule has 246 valence electrons. The molecule has 0 saturated carbocycles. The summed E-state index contributed by atoms with van der Waals surface area (Å²) >= 11 is 0. The number of ether oxygens (including phenoxy) is 2. The van der Waals surface area contributed by atoms with E-state index in [1.54, 1.807) is 0 Å². The number of benzene rings is 4. The molecule has 0 aromatic heterocycles. The maximum Gasteiger partial charge on any atom is 0.336 e. The van der Waals surface area contributed by atoms with Crippen LogP contribution in [0.1, 0.15) is 11.1 Å². The molecule has 0 aliphatic carbocycles. The van der Waals surface area contributed by atoms with Crippen molar-refractivity contribution >= 4 is 44.3 Å². The van der Waals surface area contributed by atoms with Crippen LogP contribution in [0, 0.1) is 0 Å². The van der Waals surface area contributed by atoms with Crippen molar-refractivity contribution in [2.45, 2.75) is 9.79 Å². The second-order valence-electron chi connectivity index (χ2n) is 8.70. The van der Waals surface area contributed by atoms with E-state index in [9.17, 15) is 25.9 Å². The van der Waals surface area contributed by atoms with E-state index < -0.39 is 20.2 Å². The minimum Gasteiger partial charge on any atom is -0.744 e. The van der Waals surface area contributed by atoms with Gasteiger partial charge in [-0.1, -0.05) is 72.8 Å². The van der Waals surface area contributed by atoms with E-state index in [1.807, 2.05) is 36.4 Å². The van der Waals surface area contributed by atoms with Crippen LogP contribution >= 0.6 is 0 Å². The maximum atomic E-state index is 10.8. The molecule has 0 bridgehead atoms. The van der Waals surface area contributed by atoms with Crippen molar-refractivity contribution in [3.8, 4) is 11.5 Å². The van der Waals surface area contributed by atoms with Gasteiger partial charge in [0.25, 0.3) is 0 Å². The van der Waals surface area contributed by atoms with Crippen LogP contribution in [0.3, 0.4) is 0 Å². The Kier molecular flexibility index (Phi) is 16.6. The molecule has 4 rings (SSSR count). The third kappa shape index (κ3) is 18.3. The van der Waals surface area contributed by atoms with Gasteiger partial charge in [0, 0.05) is 0 Å². The van der Waals surface area contributed by atoms with Crippen LogP contribution in [0.15, 0.2) is 119 Å². The van der Waals surface area contributed by atoms with Crippen LogP contribution in [0.5, 0.6) is 11.5 Å². The van der Waals surface area contributed by atoms with Crippen molar-refractivity contribution in [2.24, 2.45) is 22.9 Å². The number of guanidine groups is 2. The van der Waals surface area contributed by atoms with E-state index in [0.29, 0.717) is 11.5 Å². The van der Waals surface area contributed by atoms with Gasteiger partial charge in [-0.25, -0.2) is 16.8 Å². The lowest BCUT2D eigenvalue weighted by Crippen LogP contribution is -2.51. The smallest absolute Gasteiger partial charge is 0.336 e. The highest BCUT2D eigenvalue weighted by Crippen LogP contribution is 2.17. The maximum absolute atomic E-state index is 10.8. The SMILES string of the molecule is C(=C\c1ccccc1)/c1ccccc1.NC(N)=[NH2+].NC(N)=[NH2+].O=S(=O)([O-])c1ccc(OCCOc2ccc(S(=O)(=O)[O-])cc2)cc1. The molecule has 12 N–H and O–H groups in total. The van der Waals surface area contributed by atoms with Crippen LogP contribution < -0.4 is 43.2 Å². The summed E-state index contributed by atoms with van der Waals surface area (Å²) in [5, 5.41) is 9.17. The Hall–Kier alpha value is -5.42. The van der Waals surface area contributed by atoms with Gasteiger partial charge in [0.2, 0.25) is 0 Å². The first-order valence-electron chi connectivity index (χ1n) is 13.0. The van der Waals surface area contributed by atoms with Gasteiger partial charge >= 0.3 is 11.9 Å². The zero-order valence-electron chi connectivity index (χ0n) is 24.5. The molecule has 0 atom stereocenters. The number of hydrogen-bond donors (Lipinski definition) is 6. The summed E-state index contributed by atoms with van der Waals surface area (Å²) < 4.78 is 75.3. The Bertz CT molecular complexity index is 1600. The molecule has 0 unspecified atom stereocenters. The van der Waals surface area contributed by atoms with Crippen molar-refractivity contribution in [2.75, 3.05) is 13.2 Å². The summed E-state index contributed by atoms with van der Waals surface area (Å²) in [5.74, 6) is 0.553. The lowest BCUT2D eigenvalue weighted by atomic mass is 10.1. The normalized spacial score (nSPS) is 10.5. The predicted octanol–water partition coefficient (Wildman–Crippen LogP) is -1.15. The summed E-state index contributed by atoms with van der Waals surface area (Å²) in [6.07, 6.45) is 4.24. The highest BCUT2D eigenvalue weighted by atomic mass is 32.2. The standard InChI is InChI=1S/C14H14O8S2.C14H12.2CH5N3/c15-23(16,17)13-5-1-11(2-6-13)21-9-10-22-12-3-7-14(8-4-12)24(18,19)20;1-3-7-13(8-4-1)11-12-14-9-5-2-6-10-14;2*2-1(3)4/h1-8H,9-10H2,(H,15,16,17)(H,18,19,20);1-12H;2*(H5,2,3,4)/b;12-11+;;. The zero-order valence-corrected chi connectivity index (χ0v) is 26.1. The Labute approximate surface area is 267 Å². The first-order valence-corrected chi connectivity index (χ1v) is 15.8. The molecule has 16 heteroatoms. The van der Waals surface area contributed by atoms with Gasteiger partial charge in [0.15, 0.2) is 0 Å². The zero-order chi connectivity index (χ0) is 34.6. The minimum atomic E-state index is -4.49. The van der Waals surface area contributed by atoms with Gasteiger partial charge in [-0.05, 0) is 59.7 Å². The van der Waals surface area contributed by atoms with Crippen LogP contribution in [0.2, 0.25) is 0 Å². The fourth-order valence-electron chi connectivity index (χ4n) is 3.04. The average molecular weight is 673 g/mol. The third-order valence-electron chi connectivity index (χ3n) is 4.91. The van der Waals surface area contributed by atoms with Crippen LogP contribution in [-0.2, 0) is 20.2 Å². The molecule has 0 saturated heterocycles. The van der Waals surface area contributed by atoms with Crippen molar-refractivity contribution in [1.29, 1.82) is 0 Å². The van der Waals surface area contributed by atoms with Crippen molar-refractivity contribution in [3.05, 3.63) is 120 Å². The molecule has 0 aliphatic heterocycles. The summed E-state index contributed by atoms with van der Waals surface area (Å²) in [5.41, 5.74) is 20.8. The highest BCUT2D eigenvalue weighted by molar-refractivity contribution is 7.86. The van der Waals surface area contributed by atoms with Gasteiger partial charge in [-0.15, -0.1) is 0 Å². The fraction of sp³-hybridized carbons (Fsp3) is 0.0667. The monoisotopic (exact) mass is 672 g/mol. The van der Waals surface area contributed by atoms with Gasteiger partial charge in [-0.2, -0.15) is 0 Å². The molecule has 0 fully saturated rings.